The van der Waals surface area contributed by atoms with Crippen LogP contribution in [-0.2, 0) is 27.3 Å². The van der Waals surface area contributed by atoms with Crippen molar-refractivity contribution in [1.82, 2.24) is 15.1 Å². The van der Waals surface area contributed by atoms with E-state index in [0.717, 1.165) is 36.8 Å². The zero-order valence-electron chi connectivity index (χ0n) is 20.2. The van der Waals surface area contributed by atoms with Crippen molar-refractivity contribution in [3.8, 4) is 0 Å². The van der Waals surface area contributed by atoms with E-state index in [4.69, 9.17) is 0 Å². The summed E-state index contributed by atoms with van der Waals surface area (Å²) in [5, 5.41) is 3.23. The Hall–Kier alpha value is -2.37. The molecule has 0 bridgehead atoms. The van der Waals surface area contributed by atoms with Crippen LogP contribution in [0.1, 0.15) is 76.3 Å². The molecule has 6 nitrogen and oxygen atoms in total. The molecule has 6 heteroatoms. The highest BCUT2D eigenvalue weighted by atomic mass is 16.2. The molecule has 33 heavy (non-hydrogen) atoms. The number of fused-ring (bicyclic) bond motifs is 1. The molecule has 0 spiro atoms. The number of amides is 3. The minimum absolute atomic E-state index is 0.0487. The summed E-state index contributed by atoms with van der Waals surface area (Å²) in [6, 6.07) is 7.71. The molecule has 3 amide bonds. The molecule has 1 unspecified atom stereocenters. The van der Waals surface area contributed by atoms with E-state index in [1.807, 2.05) is 30.9 Å². The first-order valence-electron chi connectivity index (χ1n) is 12.9. The van der Waals surface area contributed by atoms with E-state index in [0.29, 0.717) is 38.4 Å². The standard InChI is InChI=1S/C27H39N3O3/c1-19(2)16-25(31)30-18-22-11-7-6-10-21(22)17-24(30)26(32)28-23-12-14-29(15-13-23)27(33)20-8-4-3-5-9-20/h6-7,10-11,19-20,23-24H,3-5,8-9,12-18H2,1-2H3,(H,28,32). The van der Waals surface area contributed by atoms with Gasteiger partial charge in [-0.25, -0.2) is 0 Å². The molecule has 1 atom stereocenters. The van der Waals surface area contributed by atoms with Crippen LogP contribution >= 0.6 is 0 Å². The van der Waals surface area contributed by atoms with Crippen LogP contribution in [0.15, 0.2) is 24.3 Å². The third kappa shape index (κ3) is 5.77. The number of likely N-dealkylation sites (tertiary alicyclic amines) is 1. The predicted octanol–water partition coefficient (Wildman–Crippen LogP) is 3.67. The Morgan fingerprint density at radius 2 is 1.64 bits per heavy atom. The largest absolute Gasteiger partial charge is 0.351 e. The summed E-state index contributed by atoms with van der Waals surface area (Å²) in [4.78, 5) is 43.0. The van der Waals surface area contributed by atoms with Crippen LogP contribution in [0, 0.1) is 11.8 Å². The Bertz CT molecular complexity index is 854. The Morgan fingerprint density at radius 1 is 0.970 bits per heavy atom. The number of carbonyl (C=O) groups is 3. The number of nitrogens with zero attached hydrogens (tertiary/aromatic N) is 2. The van der Waals surface area contributed by atoms with Crippen molar-refractivity contribution in [2.75, 3.05) is 13.1 Å². The number of carbonyl (C=O) groups excluding carboxylic acids is 3. The van der Waals surface area contributed by atoms with Crippen LogP contribution in [0.25, 0.3) is 0 Å². The van der Waals surface area contributed by atoms with Gasteiger partial charge in [0.1, 0.15) is 6.04 Å². The van der Waals surface area contributed by atoms with E-state index >= 15 is 0 Å². The molecule has 0 aromatic heterocycles. The molecule has 1 saturated carbocycles. The van der Waals surface area contributed by atoms with Crippen molar-refractivity contribution in [1.29, 1.82) is 0 Å². The van der Waals surface area contributed by atoms with Gasteiger partial charge in [-0.2, -0.15) is 0 Å². The van der Waals surface area contributed by atoms with E-state index in [9.17, 15) is 14.4 Å². The van der Waals surface area contributed by atoms with Crippen molar-refractivity contribution in [3.05, 3.63) is 35.4 Å². The third-order valence-electron chi connectivity index (χ3n) is 7.56. The lowest BCUT2D eigenvalue weighted by atomic mass is 9.87. The highest BCUT2D eigenvalue weighted by Gasteiger charge is 2.36. The first-order chi connectivity index (χ1) is 15.9. The van der Waals surface area contributed by atoms with Gasteiger partial charge in [0.2, 0.25) is 17.7 Å². The van der Waals surface area contributed by atoms with Gasteiger partial charge < -0.3 is 15.1 Å². The van der Waals surface area contributed by atoms with E-state index in [-0.39, 0.29) is 29.7 Å². The summed E-state index contributed by atoms with van der Waals surface area (Å²) in [6.45, 7) is 5.99. The number of piperidine rings is 1. The topological polar surface area (TPSA) is 69.7 Å². The van der Waals surface area contributed by atoms with Crippen molar-refractivity contribution in [3.63, 3.8) is 0 Å². The second-order valence-corrected chi connectivity index (χ2v) is 10.6. The van der Waals surface area contributed by atoms with Crippen LogP contribution < -0.4 is 5.32 Å². The second kappa shape index (κ2) is 10.7. The smallest absolute Gasteiger partial charge is 0.243 e. The Morgan fingerprint density at radius 3 is 2.30 bits per heavy atom. The predicted molar refractivity (Wildman–Crippen MR) is 128 cm³/mol. The van der Waals surface area contributed by atoms with E-state index < -0.39 is 6.04 Å². The van der Waals surface area contributed by atoms with Gasteiger partial charge in [0.05, 0.1) is 0 Å². The minimum Gasteiger partial charge on any atom is -0.351 e. The molecule has 0 radical (unpaired) electrons. The number of hydrogen-bond donors (Lipinski definition) is 1. The van der Waals surface area contributed by atoms with E-state index in [1.165, 1.54) is 19.3 Å². The number of nitrogens with one attached hydrogen (secondary N) is 1. The fourth-order valence-electron chi connectivity index (χ4n) is 5.64. The van der Waals surface area contributed by atoms with Crippen molar-refractivity contribution < 1.29 is 14.4 Å². The normalized spacial score (nSPS) is 22.2. The summed E-state index contributed by atoms with van der Waals surface area (Å²) in [5.41, 5.74) is 2.28. The molecule has 2 heterocycles. The average molecular weight is 454 g/mol. The van der Waals surface area contributed by atoms with Gasteiger partial charge in [0.25, 0.3) is 0 Å². The molecular weight excluding hydrogens is 414 g/mol. The maximum atomic E-state index is 13.4. The van der Waals surface area contributed by atoms with Crippen molar-refractivity contribution in [2.24, 2.45) is 11.8 Å². The summed E-state index contributed by atoms with van der Waals surface area (Å²) in [6.07, 6.45) is 8.22. The van der Waals surface area contributed by atoms with Gasteiger partial charge in [-0.1, -0.05) is 57.4 Å². The lowest BCUT2D eigenvalue weighted by molar-refractivity contribution is -0.143. The number of hydrogen-bond acceptors (Lipinski definition) is 3. The fraction of sp³-hybridized carbons (Fsp3) is 0.667. The van der Waals surface area contributed by atoms with Crippen LogP contribution in [0.5, 0.6) is 0 Å². The van der Waals surface area contributed by atoms with Gasteiger partial charge in [0, 0.05) is 44.4 Å². The maximum absolute atomic E-state index is 13.4. The van der Waals surface area contributed by atoms with Gasteiger partial charge in [0.15, 0.2) is 0 Å². The zero-order valence-corrected chi connectivity index (χ0v) is 20.2. The molecule has 3 aliphatic rings. The van der Waals surface area contributed by atoms with Crippen molar-refractivity contribution >= 4 is 17.7 Å². The second-order valence-electron chi connectivity index (χ2n) is 10.6. The van der Waals surface area contributed by atoms with Gasteiger partial charge in [-0.3, -0.25) is 14.4 Å². The molecule has 2 fully saturated rings. The van der Waals surface area contributed by atoms with Crippen LogP contribution in [0.3, 0.4) is 0 Å². The van der Waals surface area contributed by atoms with E-state index in [1.54, 1.807) is 4.90 Å². The number of benzene rings is 1. The Balaban J connectivity index is 1.36. The molecule has 1 saturated heterocycles. The molecule has 180 valence electrons. The summed E-state index contributed by atoms with van der Waals surface area (Å²) < 4.78 is 0. The van der Waals surface area contributed by atoms with Gasteiger partial charge in [-0.05, 0) is 42.7 Å². The monoisotopic (exact) mass is 453 g/mol. The van der Waals surface area contributed by atoms with Crippen LogP contribution in [0.2, 0.25) is 0 Å². The van der Waals surface area contributed by atoms with E-state index in [2.05, 4.69) is 17.4 Å². The lowest BCUT2D eigenvalue weighted by Crippen LogP contribution is -2.56. The summed E-state index contributed by atoms with van der Waals surface area (Å²) in [5.74, 6) is 0.761. The van der Waals surface area contributed by atoms with Crippen LogP contribution in [-0.4, -0.2) is 52.7 Å². The molecule has 1 aliphatic carbocycles. The molecule has 1 aromatic carbocycles. The molecule has 1 N–H and O–H groups in total. The van der Waals surface area contributed by atoms with Gasteiger partial charge >= 0.3 is 0 Å². The van der Waals surface area contributed by atoms with Crippen molar-refractivity contribution in [2.45, 2.75) is 90.3 Å². The summed E-state index contributed by atoms with van der Waals surface area (Å²) in [7, 11) is 0. The average Bonchev–Trinajstić information content (AvgIpc) is 2.83. The SMILES string of the molecule is CC(C)CC(=O)N1Cc2ccccc2CC1C(=O)NC1CCN(C(=O)C2CCCCC2)CC1. The molecule has 1 aromatic rings. The molecule has 4 rings (SSSR count). The number of rotatable bonds is 5. The minimum atomic E-state index is -0.465. The highest BCUT2D eigenvalue weighted by molar-refractivity contribution is 5.88. The maximum Gasteiger partial charge on any atom is 0.243 e. The summed E-state index contributed by atoms with van der Waals surface area (Å²) >= 11 is 0. The highest BCUT2D eigenvalue weighted by Crippen LogP contribution is 2.28. The molecule has 2 aliphatic heterocycles. The third-order valence-corrected chi connectivity index (χ3v) is 7.56. The Labute approximate surface area is 198 Å². The first-order valence-corrected chi connectivity index (χ1v) is 12.9. The first kappa shape index (κ1) is 23.8. The zero-order chi connectivity index (χ0) is 23.4. The Kier molecular flexibility index (Phi) is 7.71. The lowest BCUT2D eigenvalue weighted by Gasteiger charge is -2.39. The van der Waals surface area contributed by atoms with Gasteiger partial charge in [-0.15, -0.1) is 0 Å². The van der Waals surface area contributed by atoms with Crippen LogP contribution in [0.4, 0.5) is 0 Å². The fourth-order valence-corrected chi connectivity index (χ4v) is 5.64. The quantitative estimate of drug-likeness (QED) is 0.740. The molecular formula is C27H39N3O3.